The fourth-order valence-electron chi connectivity index (χ4n) is 5.31. The predicted octanol–water partition coefficient (Wildman–Crippen LogP) is 4.59. The van der Waals surface area contributed by atoms with E-state index in [0.717, 1.165) is 53.7 Å². The molecule has 180 valence electrons. The molecule has 6 rings (SSSR count). The summed E-state index contributed by atoms with van der Waals surface area (Å²) < 4.78 is 21.3. The van der Waals surface area contributed by atoms with Crippen molar-refractivity contribution < 1.29 is 9.13 Å². The summed E-state index contributed by atoms with van der Waals surface area (Å²) in [6, 6.07) is 9.59. The van der Waals surface area contributed by atoms with E-state index < -0.39 is 0 Å². The van der Waals surface area contributed by atoms with Crippen molar-refractivity contribution in [2.24, 2.45) is 10.5 Å². The summed E-state index contributed by atoms with van der Waals surface area (Å²) in [6.07, 6.45) is 10.8. The molecule has 4 heterocycles. The van der Waals surface area contributed by atoms with E-state index in [-0.39, 0.29) is 17.3 Å². The smallest absolute Gasteiger partial charge is 0.152 e. The fraction of sp³-hybridized carbons (Fsp3) is 0.370. The Bertz CT molecular complexity index is 1320. The second-order valence-electron chi connectivity index (χ2n) is 10.0. The summed E-state index contributed by atoms with van der Waals surface area (Å²) in [5, 5.41) is 6.92. The molecule has 2 aliphatic heterocycles. The number of fused-ring (bicyclic) bond motifs is 1. The van der Waals surface area contributed by atoms with Crippen LogP contribution in [0.25, 0.3) is 11.8 Å². The van der Waals surface area contributed by atoms with Crippen LogP contribution in [0.5, 0.6) is 5.75 Å². The molecular weight excluding hydrogens is 443 g/mol. The van der Waals surface area contributed by atoms with E-state index in [9.17, 15) is 4.39 Å². The molecule has 1 aliphatic carbocycles. The number of hydrogen-bond donors (Lipinski definition) is 0. The zero-order valence-electron chi connectivity index (χ0n) is 20.3. The molecule has 1 atom stereocenters. The first kappa shape index (κ1) is 21.8. The Morgan fingerprint density at radius 3 is 2.71 bits per heavy atom. The van der Waals surface area contributed by atoms with E-state index in [4.69, 9.17) is 9.84 Å². The van der Waals surface area contributed by atoms with Gasteiger partial charge in [-0.15, -0.1) is 0 Å². The van der Waals surface area contributed by atoms with Crippen LogP contribution >= 0.6 is 0 Å². The van der Waals surface area contributed by atoms with Crippen molar-refractivity contribution in [3.63, 3.8) is 0 Å². The zero-order chi connectivity index (χ0) is 24.2. The Morgan fingerprint density at radius 2 is 2.03 bits per heavy atom. The number of hydrogen-bond acceptors (Lipinski definition) is 6. The summed E-state index contributed by atoms with van der Waals surface area (Å²) in [4.78, 5) is 11.2. The summed E-state index contributed by atoms with van der Waals surface area (Å²) >= 11 is 0. The molecule has 2 fully saturated rings. The molecule has 0 amide bonds. The van der Waals surface area contributed by atoms with Crippen LogP contribution in [0, 0.1) is 18.2 Å². The molecule has 1 saturated carbocycles. The van der Waals surface area contributed by atoms with E-state index in [1.54, 1.807) is 19.5 Å². The summed E-state index contributed by atoms with van der Waals surface area (Å²) in [6.45, 7) is 3.66. The lowest BCUT2D eigenvalue weighted by Gasteiger charge is -2.46. The third-order valence-corrected chi connectivity index (χ3v) is 7.29. The Labute approximate surface area is 204 Å². The highest BCUT2D eigenvalue weighted by Crippen LogP contribution is 2.55. The van der Waals surface area contributed by atoms with Crippen molar-refractivity contribution in [3.05, 3.63) is 77.4 Å². The van der Waals surface area contributed by atoms with E-state index in [0.29, 0.717) is 0 Å². The number of pyridine rings is 1. The fourth-order valence-corrected chi connectivity index (χ4v) is 5.31. The molecule has 2 aromatic heterocycles. The Kier molecular flexibility index (Phi) is 5.12. The number of methoxy groups -OCH3 is 1. The highest BCUT2D eigenvalue weighted by atomic mass is 19.1. The second kappa shape index (κ2) is 8.22. The Balaban J connectivity index is 1.38. The number of nitrogens with zero attached hydrogens (tertiary/aromatic N) is 6. The molecule has 1 spiro atoms. The van der Waals surface area contributed by atoms with Gasteiger partial charge in [0.15, 0.2) is 5.84 Å². The van der Waals surface area contributed by atoms with E-state index >= 15 is 0 Å². The monoisotopic (exact) mass is 472 g/mol. The van der Waals surface area contributed by atoms with Gasteiger partial charge in [0.2, 0.25) is 0 Å². The lowest BCUT2D eigenvalue weighted by molar-refractivity contribution is 0.153. The van der Waals surface area contributed by atoms with Crippen LogP contribution in [0.1, 0.15) is 42.3 Å². The van der Waals surface area contributed by atoms with Gasteiger partial charge in [-0.2, -0.15) is 5.10 Å². The SMILES string of the molecule is COc1cc(/C=C2\CC3(CC3)CN3C2=NN(C)CC3c2ccc(F)cn2)ccc1-n1cnc(C)c1. The van der Waals surface area contributed by atoms with Gasteiger partial charge >= 0.3 is 0 Å². The number of rotatable bonds is 4. The van der Waals surface area contributed by atoms with Crippen LogP contribution in [-0.2, 0) is 0 Å². The second-order valence-corrected chi connectivity index (χ2v) is 10.0. The molecule has 1 aromatic carbocycles. The number of imidazole rings is 1. The van der Waals surface area contributed by atoms with Crippen LogP contribution in [0.3, 0.4) is 0 Å². The predicted molar refractivity (Wildman–Crippen MR) is 133 cm³/mol. The van der Waals surface area contributed by atoms with Crippen molar-refractivity contribution >= 4 is 11.9 Å². The highest BCUT2D eigenvalue weighted by Gasteiger charge is 2.51. The van der Waals surface area contributed by atoms with Crippen molar-refractivity contribution in [1.29, 1.82) is 0 Å². The van der Waals surface area contributed by atoms with Crippen LogP contribution in [-0.4, -0.2) is 57.5 Å². The normalized spacial score (nSPS) is 21.8. The number of hydrazone groups is 1. The molecule has 3 aromatic rings. The number of benzene rings is 1. The molecule has 0 bridgehead atoms. The van der Waals surface area contributed by atoms with Gasteiger partial charge < -0.3 is 14.2 Å². The van der Waals surface area contributed by atoms with E-state index in [2.05, 4.69) is 39.1 Å². The van der Waals surface area contributed by atoms with Gasteiger partial charge in [-0.3, -0.25) is 9.99 Å². The lowest BCUT2D eigenvalue weighted by atomic mass is 9.87. The van der Waals surface area contributed by atoms with Crippen LogP contribution in [0.4, 0.5) is 4.39 Å². The molecule has 8 heteroatoms. The molecule has 35 heavy (non-hydrogen) atoms. The van der Waals surface area contributed by atoms with Crippen LogP contribution < -0.4 is 4.74 Å². The summed E-state index contributed by atoms with van der Waals surface area (Å²) in [5.74, 6) is 1.47. The van der Waals surface area contributed by atoms with Gasteiger partial charge in [0.1, 0.15) is 11.6 Å². The quantitative estimate of drug-likeness (QED) is 0.556. The first-order valence-electron chi connectivity index (χ1n) is 12.0. The molecule has 3 aliphatic rings. The van der Waals surface area contributed by atoms with E-state index in [1.807, 2.05) is 29.7 Å². The standard InChI is InChI=1S/C27H29FN6O/c1-18-14-33(17-30-18)23-7-4-19(11-25(23)35-3)10-20-12-27(8-9-27)16-34-24(15-32(2)31-26(20)34)22-6-5-21(28)13-29-22/h4-7,10-11,13-14,17,24H,8-9,12,15-16H2,1-3H3/b20-10+. The number of aryl methyl sites for hydroxylation is 1. The third-order valence-electron chi connectivity index (χ3n) is 7.29. The molecule has 1 unspecified atom stereocenters. The van der Waals surface area contributed by atoms with Gasteiger partial charge in [0, 0.05) is 19.8 Å². The van der Waals surface area contributed by atoms with E-state index in [1.165, 1.54) is 30.7 Å². The van der Waals surface area contributed by atoms with Crippen molar-refractivity contribution in [1.82, 2.24) is 24.4 Å². The summed E-state index contributed by atoms with van der Waals surface area (Å²) in [5.41, 5.74) is 5.38. The van der Waals surface area contributed by atoms with Gasteiger partial charge in [-0.1, -0.05) is 6.07 Å². The average Bonchev–Trinajstić information content (AvgIpc) is 3.45. The Hall–Kier alpha value is -3.68. The van der Waals surface area contributed by atoms with Gasteiger partial charge in [0.25, 0.3) is 0 Å². The lowest BCUT2D eigenvalue weighted by Crippen LogP contribution is -2.51. The maximum atomic E-state index is 13.6. The van der Waals surface area contributed by atoms with Crippen LogP contribution in [0.15, 0.2) is 59.7 Å². The molecule has 1 saturated heterocycles. The van der Waals surface area contributed by atoms with Crippen molar-refractivity contribution in [3.8, 4) is 11.4 Å². The number of halogens is 1. The Morgan fingerprint density at radius 1 is 1.17 bits per heavy atom. The molecule has 0 radical (unpaired) electrons. The molecular formula is C27H29FN6O. The number of amidine groups is 1. The number of ether oxygens (including phenoxy) is 1. The minimum atomic E-state index is -0.312. The van der Waals surface area contributed by atoms with Crippen molar-refractivity contribution in [2.45, 2.75) is 32.2 Å². The highest BCUT2D eigenvalue weighted by molar-refractivity contribution is 6.03. The minimum absolute atomic E-state index is 0.0377. The third kappa shape index (κ3) is 4.07. The molecule has 7 nitrogen and oxygen atoms in total. The van der Waals surface area contributed by atoms with Gasteiger partial charge in [-0.05, 0) is 73.1 Å². The largest absolute Gasteiger partial charge is 0.495 e. The number of likely N-dealkylation sites (N-methyl/N-ethyl adjacent to an activating group) is 1. The molecule has 0 N–H and O–H groups in total. The number of aromatic nitrogens is 3. The number of piperidine rings is 1. The average molecular weight is 473 g/mol. The van der Waals surface area contributed by atoms with Crippen LogP contribution in [0.2, 0.25) is 0 Å². The first-order chi connectivity index (χ1) is 16.9. The summed E-state index contributed by atoms with van der Waals surface area (Å²) in [7, 11) is 3.69. The van der Waals surface area contributed by atoms with Gasteiger partial charge in [-0.25, -0.2) is 9.37 Å². The topological polar surface area (TPSA) is 58.8 Å². The maximum Gasteiger partial charge on any atom is 0.152 e. The first-order valence-corrected chi connectivity index (χ1v) is 12.0. The zero-order valence-corrected chi connectivity index (χ0v) is 20.3. The van der Waals surface area contributed by atoms with Gasteiger partial charge in [0.05, 0.1) is 49.3 Å². The van der Waals surface area contributed by atoms with Crippen molar-refractivity contribution in [2.75, 3.05) is 27.2 Å². The minimum Gasteiger partial charge on any atom is -0.495 e. The maximum absolute atomic E-state index is 13.6.